The molecule has 1 rings (SSSR count). The largest absolute Gasteiger partial charge is 0.489 e. The first-order valence-corrected chi connectivity index (χ1v) is 5.98. The van der Waals surface area contributed by atoms with E-state index in [1.165, 1.54) is 12.1 Å². The molecule has 1 N–H and O–H groups in total. The Labute approximate surface area is 105 Å². The number of alkyl halides is 3. The molecule has 2 nitrogen and oxygen atoms in total. The summed E-state index contributed by atoms with van der Waals surface area (Å²) >= 11 is 0. The lowest BCUT2D eigenvalue weighted by atomic mass is 10.2. The molecule has 0 aliphatic rings. The Morgan fingerprint density at radius 2 is 2.06 bits per heavy atom. The van der Waals surface area contributed by atoms with Crippen molar-refractivity contribution in [3.63, 3.8) is 0 Å². The average molecular weight is 261 g/mol. The average Bonchev–Trinajstić information content (AvgIpc) is 2.28. The van der Waals surface area contributed by atoms with Crippen LogP contribution < -0.4 is 10.1 Å². The van der Waals surface area contributed by atoms with Gasteiger partial charge in [0, 0.05) is 6.54 Å². The van der Waals surface area contributed by atoms with Gasteiger partial charge in [-0.3, -0.25) is 0 Å². The topological polar surface area (TPSA) is 21.3 Å². The highest BCUT2D eigenvalue weighted by Crippen LogP contribution is 2.31. The van der Waals surface area contributed by atoms with Crippen molar-refractivity contribution < 1.29 is 17.9 Å². The monoisotopic (exact) mass is 261 g/mol. The van der Waals surface area contributed by atoms with Gasteiger partial charge in [-0.15, -0.1) is 0 Å². The molecule has 0 radical (unpaired) electrons. The van der Waals surface area contributed by atoms with Crippen molar-refractivity contribution >= 4 is 0 Å². The quantitative estimate of drug-likeness (QED) is 0.792. The molecule has 1 aromatic rings. The van der Waals surface area contributed by atoms with E-state index in [4.69, 9.17) is 4.74 Å². The highest BCUT2D eigenvalue weighted by molar-refractivity contribution is 5.30. The van der Waals surface area contributed by atoms with Gasteiger partial charge in [-0.2, -0.15) is 13.2 Å². The lowest BCUT2D eigenvalue weighted by molar-refractivity contribution is -0.137. The van der Waals surface area contributed by atoms with Gasteiger partial charge in [0.15, 0.2) is 0 Å². The fourth-order valence-electron chi connectivity index (χ4n) is 1.50. The number of ether oxygens (including phenoxy) is 1. The molecule has 0 aromatic heterocycles. The van der Waals surface area contributed by atoms with E-state index in [0.29, 0.717) is 6.54 Å². The third-order valence-electron chi connectivity index (χ3n) is 2.36. The first kappa shape index (κ1) is 14.8. The predicted octanol–water partition coefficient (Wildman–Crippen LogP) is 3.47. The highest BCUT2D eigenvalue weighted by atomic mass is 19.4. The number of hydrogen-bond donors (Lipinski definition) is 1. The zero-order valence-electron chi connectivity index (χ0n) is 10.6. The molecule has 1 atom stereocenters. The number of rotatable bonds is 6. The first-order chi connectivity index (χ1) is 8.43. The summed E-state index contributed by atoms with van der Waals surface area (Å²) in [6.45, 7) is 5.36. The summed E-state index contributed by atoms with van der Waals surface area (Å²) in [5, 5.41) is 3.15. The van der Waals surface area contributed by atoms with Gasteiger partial charge < -0.3 is 10.1 Å². The third kappa shape index (κ3) is 4.96. The fraction of sp³-hybridized carbons (Fsp3) is 0.538. The molecule has 0 spiro atoms. The Bertz CT molecular complexity index is 365. The van der Waals surface area contributed by atoms with Crippen LogP contribution in [0, 0.1) is 0 Å². The Hall–Kier alpha value is -1.23. The van der Waals surface area contributed by atoms with Crippen LogP contribution in [0.2, 0.25) is 0 Å². The molecule has 5 heteroatoms. The van der Waals surface area contributed by atoms with E-state index < -0.39 is 11.7 Å². The predicted molar refractivity (Wildman–Crippen MR) is 64.7 cm³/mol. The molecule has 18 heavy (non-hydrogen) atoms. The van der Waals surface area contributed by atoms with Crippen LogP contribution >= 0.6 is 0 Å². The summed E-state index contributed by atoms with van der Waals surface area (Å²) in [5.41, 5.74) is -0.686. The van der Waals surface area contributed by atoms with Crippen LogP contribution in [0.15, 0.2) is 24.3 Å². The molecule has 0 aliphatic carbocycles. The van der Waals surface area contributed by atoms with E-state index in [2.05, 4.69) is 5.32 Å². The summed E-state index contributed by atoms with van der Waals surface area (Å²) < 4.78 is 42.9. The molecule has 1 aromatic carbocycles. The minimum absolute atomic E-state index is 0.167. The Kier molecular flexibility index (Phi) is 5.47. The highest BCUT2D eigenvalue weighted by Gasteiger charge is 2.30. The molecule has 102 valence electrons. The smallest absolute Gasteiger partial charge is 0.416 e. The summed E-state index contributed by atoms with van der Waals surface area (Å²) in [5.74, 6) is 0.246. The van der Waals surface area contributed by atoms with Crippen LogP contribution in [0.4, 0.5) is 13.2 Å². The summed E-state index contributed by atoms with van der Waals surface area (Å²) in [7, 11) is 0. The van der Waals surface area contributed by atoms with Crippen LogP contribution in [0.3, 0.4) is 0 Å². The van der Waals surface area contributed by atoms with E-state index in [0.717, 1.165) is 25.1 Å². The van der Waals surface area contributed by atoms with Crippen molar-refractivity contribution in [1.29, 1.82) is 0 Å². The van der Waals surface area contributed by atoms with Crippen molar-refractivity contribution in [3.8, 4) is 5.75 Å². The van der Waals surface area contributed by atoms with Gasteiger partial charge in [-0.05, 0) is 38.1 Å². The Balaban J connectivity index is 2.57. The number of nitrogens with one attached hydrogen (secondary N) is 1. The van der Waals surface area contributed by atoms with Crippen LogP contribution in [0.25, 0.3) is 0 Å². The van der Waals surface area contributed by atoms with Crippen LogP contribution in [0.1, 0.15) is 25.8 Å². The lowest BCUT2D eigenvalue weighted by Gasteiger charge is -2.16. The minimum Gasteiger partial charge on any atom is -0.489 e. The Morgan fingerprint density at radius 1 is 1.33 bits per heavy atom. The van der Waals surface area contributed by atoms with Crippen molar-refractivity contribution in [2.24, 2.45) is 0 Å². The van der Waals surface area contributed by atoms with Gasteiger partial charge in [0.1, 0.15) is 11.9 Å². The zero-order chi connectivity index (χ0) is 13.6. The SMILES string of the molecule is CCCNCC(C)Oc1cccc(C(F)(F)F)c1. The van der Waals surface area contributed by atoms with Crippen LogP contribution in [-0.2, 0) is 6.18 Å². The molecular weight excluding hydrogens is 243 g/mol. The molecule has 0 aliphatic heterocycles. The fourth-order valence-corrected chi connectivity index (χ4v) is 1.50. The van der Waals surface area contributed by atoms with Gasteiger partial charge in [0.05, 0.1) is 5.56 Å². The van der Waals surface area contributed by atoms with Crippen LogP contribution in [0.5, 0.6) is 5.75 Å². The molecule has 0 saturated carbocycles. The molecule has 1 unspecified atom stereocenters. The maximum Gasteiger partial charge on any atom is 0.416 e. The van der Waals surface area contributed by atoms with Crippen molar-refractivity contribution in [3.05, 3.63) is 29.8 Å². The zero-order valence-corrected chi connectivity index (χ0v) is 10.6. The van der Waals surface area contributed by atoms with Crippen LogP contribution in [-0.4, -0.2) is 19.2 Å². The molecular formula is C13H18F3NO. The minimum atomic E-state index is -4.33. The van der Waals surface area contributed by atoms with E-state index in [1.807, 2.05) is 13.8 Å². The second-order valence-electron chi connectivity index (χ2n) is 4.16. The standard InChI is InChI=1S/C13H18F3NO/c1-3-7-17-9-10(2)18-12-6-4-5-11(8-12)13(14,15)16/h4-6,8,10,17H,3,7,9H2,1-2H3. The van der Waals surface area contributed by atoms with Crippen molar-refractivity contribution in [1.82, 2.24) is 5.32 Å². The van der Waals surface area contributed by atoms with Gasteiger partial charge >= 0.3 is 6.18 Å². The molecule has 0 saturated heterocycles. The molecule has 0 bridgehead atoms. The molecule has 0 heterocycles. The third-order valence-corrected chi connectivity index (χ3v) is 2.36. The molecule has 0 amide bonds. The van der Waals surface area contributed by atoms with Crippen molar-refractivity contribution in [2.75, 3.05) is 13.1 Å². The van der Waals surface area contributed by atoms with E-state index in [-0.39, 0.29) is 11.9 Å². The van der Waals surface area contributed by atoms with E-state index in [1.54, 1.807) is 0 Å². The van der Waals surface area contributed by atoms with Gasteiger partial charge in [-0.25, -0.2) is 0 Å². The van der Waals surface area contributed by atoms with Gasteiger partial charge in [0.2, 0.25) is 0 Å². The first-order valence-electron chi connectivity index (χ1n) is 5.98. The normalized spacial score (nSPS) is 13.4. The lowest BCUT2D eigenvalue weighted by Crippen LogP contribution is -2.29. The van der Waals surface area contributed by atoms with E-state index in [9.17, 15) is 13.2 Å². The van der Waals surface area contributed by atoms with E-state index >= 15 is 0 Å². The maximum atomic E-state index is 12.5. The summed E-state index contributed by atoms with van der Waals surface area (Å²) in [6.07, 6.45) is -3.49. The summed E-state index contributed by atoms with van der Waals surface area (Å²) in [6, 6.07) is 4.94. The molecule has 0 fully saturated rings. The number of benzene rings is 1. The second-order valence-corrected chi connectivity index (χ2v) is 4.16. The summed E-state index contributed by atoms with van der Waals surface area (Å²) in [4.78, 5) is 0. The number of halogens is 3. The number of hydrogen-bond acceptors (Lipinski definition) is 2. The van der Waals surface area contributed by atoms with Crippen molar-refractivity contribution in [2.45, 2.75) is 32.5 Å². The van der Waals surface area contributed by atoms with Gasteiger partial charge in [0.25, 0.3) is 0 Å². The Morgan fingerprint density at radius 3 is 2.67 bits per heavy atom. The second kappa shape index (κ2) is 6.64. The van der Waals surface area contributed by atoms with Gasteiger partial charge in [-0.1, -0.05) is 13.0 Å². The maximum absolute atomic E-state index is 12.5.